The summed E-state index contributed by atoms with van der Waals surface area (Å²) >= 11 is 0. The Morgan fingerprint density at radius 1 is 1.00 bits per heavy atom. The number of aromatic nitrogens is 1. The van der Waals surface area contributed by atoms with Crippen LogP contribution in [0.25, 0.3) is 27.0 Å². The van der Waals surface area contributed by atoms with Crippen LogP contribution in [0.2, 0.25) is 0 Å². The lowest BCUT2D eigenvalue weighted by Crippen LogP contribution is -2.16. The number of nitrogens with zero attached hydrogens (tertiary/aromatic N) is 1. The van der Waals surface area contributed by atoms with Crippen LogP contribution < -0.4 is 4.74 Å². The van der Waals surface area contributed by atoms with E-state index in [-0.39, 0.29) is 5.75 Å². The molecular formula is C16H9F3N2O. The normalized spacial score (nSPS) is 11.4. The molecule has 0 radical (unpaired) electrons. The maximum Gasteiger partial charge on any atom is 0.573 e. The van der Waals surface area contributed by atoms with Crippen molar-refractivity contribution in [2.24, 2.45) is 0 Å². The van der Waals surface area contributed by atoms with Gasteiger partial charge in [0.05, 0.1) is 12.3 Å². The topological polar surface area (TPSA) is 29.4 Å². The third-order valence-corrected chi connectivity index (χ3v) is 3.17. The SMILES string of the molecule is [C-]#[N+]c1c(-c2ccc(OC(F)(F)F)cc2)[nH]c2ccccc12. The number of H-pyrrole nitrogens is 1. The summed E-state index contributed by atoms with van der Waals surface area (Å²) in [5.41, 5.74) is 2.45. The number of ether oxygens (including phenoxy) is 1. The zero-order valence-electron chi connectivity index (χ0n) is 11.1. The summed E-state index contributed by atoms with van der Waals surface area (Å²) in [4.78, 5) is 6.65. The van der Waals surface area contributed by atoms with Crippen molar-refractivity contribution in [1.29, 1.82) is 0 Å². The number of alkyl halides is 3. The summed E-state index contributed by atoms with van der Waals surface area (Å²) in [5.74, 6) is -0.295. The second-order valence-corrected chi connectivity index (χ2v) is 4.58. The highest BCUT2D eigenvalue weighted by atomic mass is 19.4. The van der Waals surface area contributed by atoms with Gasteiger partial charge in [-0.3, -0.25) is 0 Å². The quantitative estimate of drug-likeness (QED) is 0.641. The number of hydrogen-bond donors (Lipinski definition) is 1. The van der Waals surface area contributed by atoms with Crippen LogP contribution in [0.4, 0.5) is 18.9 Å². The number of halogens is 3. The average molecular weight is 302 g/mol. The fourth-order valence-corrected chi connectivity index (χ4v) is 2.28. The molecule has 0 atom stereocenters. The molecule has 3 nitrogen and oxygen atoms in total. The lowest BCUT2D eigenvalue weighted by molar-refractivity contribution is -0.274. The summed E-state index contributed by atoms with van der Waals surface area (Å²) < 4.78 is 40.3. The van der Waals surface area contributed by atoms with Gasteiger partial charge in [-0.15, -0.1) is 13.2 Å². The number of aromatic amines is 1. The molecule has 3 aromatic rings. The lowest BCUT2D eigenvalue weighted by Gasteiger charge is -2.09. The first-order valence-corrected chi connectivity index (χ1v) is 6.32. The second kappa shape index (κ2) is 5.11. The zero-order valence-corrected chi connectivity index (χ0v) is 11.1. The van der Waals surface area contributed by atoms with E-state index in [9.17, 15) is 13.2 Å². The fraction of sp³-hybridized carbons (Fsp3) is 0.0625. The van der Waals surface area contributed by atoms with Crippen LogP contribution in [-0.4, -0.2) is 11.3 Å². The third-order valence-electron chi connectivity index (χ3n) is 3.17. The van der Waals surface area contributed by atoms with Crippen molar-refractivity contribution in [1.82, 2.24) is 4.98 Å². The van der Waals surface area contributed by atoms with Gasteiger partial charge in [-0.05, 0) is 23.8 Å². The first kappa shape index (κ1) is 14.0. The molecule has 0 saturated heterocycles. The van der Waals surface area contributed by atoms with Crippen molar-refractivity contribution in [3.63, 3.8) is 0 Å². The summed E-state index contributed by atoms with van der Waals surface area (Å²) in [7, 11) is 0. The molecule has 0 aliphatic rings. The number of nitrogens with one attached hydrogen (secondary N) is 1. The predicted molar refractivity (Wildman–Crippen MR) is 76.7 cm³/mol. The molecule has 0 spiro atoms. The second-order valence-electron chi connectivity index (χ2n) is 4.58. The fourth-order valence-electron chi connectivity index (χ4n) is 2.28. The molecule has 0 saturated carbocycles. The molecule has 0 fully saturated rings. The minimum absolute atomic E-state index is 0.295. The molecule has 0 aliphatic carbocycles. The van der Waals surface area contributed by atoms with Crippen LogP contribution in [0.5, 0.6) is 5.75 Å². The molecule has 1 heterocycles. The van der Waals surface area contributed by atoms with Crippen molar-refractivity contribution in [3.8, 4) is 17.0 Å². The Morgan fingerprint density at radius 2 is 1.68 bits per heavy atom. The van der Waals surface area contributed by atoms with Gasteiger partial charge in [-0.2, -0.15) is 0 Å². The monoisotopic (exact) mass is 302 g/mol. The van der Waals surface area contributed by atoms with Gasteiger partial charge in [0.2, 0.25) is 5.69 Å². The zero-order chi connectivity index (χ0) is 15.7. The Balaban J connectivity index is 2.03. The first-order valence-electron chi connectivity index (χ1n) is 6.32. The van der Waals surface area contributed by atoms with Gasteiger partial charge in [0.15, 0.2) is 0 Å². The van der Waals surface area contributed by atoms with Gasteiger partial charge >= 0.3 is 6.36 Å². The van der Waals surface area contributed by atoms with Crippen molar-refractivity contribution < 1.29 is 17.9 Å². The molecule has 6 heteroatoms. The number of benzene rings is 2. The summed E-state index contributed by atoms with van der Waals surface area (Å²) in [5, 5.41) is 0.781. The Bertz CT molecular complexity index is 858. The minimum Gasteiger partial charge on any atom is -0.406 e. The molecule has 1 N–H and O–H groups in total. The molecular weight excluding hydrogens is 293 g/mol. The maximum atomic E-state index is 12.2. The van der Waals surface area contributed by atoms with Crippen molar-refractivity contribution in [2.45, 2.75) is 6.36 Å². The van der Waals surface area contributed by atoms with E-state index in [1.807, 2.05) is 24.3 Å². The predicted octanol–water partition coefficient (Wildman–Crippen LogP) is 5.28. The largest absolute Gasteiger partial charge is 0.573 e. The van der Waals surface area contributed by atoms with Crippen molar-refractivity contribution >= 4 is 16.6 Å². The van der Waals surface area contributed by atoms with Gasteiger partial charge in [-0.25, -0.2) is 4.85 Å². The average Bonchev–Trinajstić information content (AvgIpc) is 2.85. The smallest absolute Gasteiger partial charge is 0.406 e. The van der Waals surface area contributed by atoms with E-state index in [0.717, 1.165) is 10.9 Å². The number of para-hydroxylation sites is 1. The Morgan fingerprint density at radius 3 is 2.32 bits per heavy atom. The van der Waals surface area contributed by atoms with Crippen LogP contribution in [0, 0.1) is 6.57 Å². The highest BCUT2D eigenvalue weighted by Crippen LogP contribution is 2.37. The highest BCUT2D eigenvalue weighted by Gasteiger charge is 2.31. The van der Waals surface area contributed by atoms with E-state index in [1.54, 1.807) is 0 Å². The van der Waals surface area contributed by atoms with Crippen molar-refractivity contribution in [3.05, 3.63) is 59.9 Å². The maximum absolute atomic E-state index is 12.2. The van der Waals surface area contributed by atoms with Gasteiger partial charge in [0.25, 0.3) is 0 Å². The van der Waals surface area contributed by atoms with E-state index < -0.39 is 6.36 Å². The molecule has 2 aromatic carbocycles. The van der Waals surface area contributed by atoms with Gasteiger partial charge < -0.3 is 9.72 Å². The lowest BCUT2D eigenvalue weighted by atomic mass is 10.1. The van der Waals surface area contributed by atoms with Crippen LogP contribution in [-0.2, 0) is 0 Å². The molecule has 0 amide bonds. The Hall–Kier alpha value is -2.94. The van der Waals surface area contributed by atoms with E-state index in [0.29, 0.717) is 16.9 Å². The van der Waals surface area contributed by atoms with E-state index in [1.165, 1.54) is 24.3 Å². The molecule has 0 unspecified atom stereocenters. The molecule has 1 aromatic heterocycles. The first-order chi connectivity index (χ1) is 10.5. The van der Waals surface area contributed by atoms with E-state index in [4.69, 9.17) is 6.57 Å². The van der Waals surface area contributed by atoms with Crippen molar-refractivity contribution in [2.75, 3.05) is 0 Å². The molecule has 0 bridgehead atoms. The Labute approximate surface area is 123 Å². The van der Waals surface area contributed by atoms with E-state index >= 15 is 0 Å². The minimum atomic E-state index is -4.72. The standard InChI is InChI=1S/C16H9F3N2O/c1-20-15-12-4-2-3-5-13(12)21-14(15)10-6-8-11(9-7-10)22-16(17,18)19/h2-9,21H. The molecule has 0 aliphatic heterocycles. The Kier molecular flexibility index (Phi) is 3.26. The number of hydrogen-bond acceptors (Lipinski definition) is 1. The van der Waals surface area contributed by atoms with Crippen LogP contribution in [0.1, 0.15) is 0 Å². The van der Waals surface area contributed by atoms with Gasteiger partial charge in [0.1, 0.15) is 5.75 Å². The highest BCUT2D eigenvalue weighted by molar-refractivity contribution is 6.01. The molecule has 22 heavy (non-hydrogen) atoms. The van der Waals surface area contributed by atoms with E-state index in [2.05, 4.69) is 14.6 Å². The van der Waals surface area contributed by atoms with Crippen LogP contribution in [0.15, 0.2) is 48.5 Å². The summed E-state index contributed by atoms with van der Waals surface area (Å²) in [6.07, 6.45) is -4.72. The van der Waals surface area contributed by atoms with Gasteiger partial charge in [0, 0.05) is 10.9 Å². The van der Waals surface area contributed by atoms with Gasteiger partial charge in [-0.1, -0.05) is 30.3 Å². The summed E-state index contributed by atoms with van der Waals surface area (Å²) in [6.45, 7) is 7.32. The number of rotatable bonds is 2. The van der Waals surface area contributed by atoms with Crippen LogP contribution >= 0.6 is 0 Å². The summed E-state index contributed by atoms with van der Waals surface area (Å²) in [6, 6.07) is 12.8. The third kappa shape index (κ3) is 2.61. The van der Waals surface area contributed by atoms with Crippen LogP contribution in [0.3, 0.4) is 0 Å². The molecule has 110 valence electrons. The number of fused-ring (bicyclic) bond motifs is 1. The molecule has 3 rings (SSSR count).